The molecule has 4 amide bonds. The number of nitriles is 1. The molecule has 12 nitrogen and oxygen atoms in total. The van der Waals surface area contributed by atoms with Crippen LogP contribution in [0.1, 0.15) is 16.7 Å². The normalized spacial score (nSPS) is 18.2. The summed E-state index contributed by atoms with van der Waals surface area (Å²) in [6, 6.07) is 23.5. The first-order valence-electron chi connectivity index (χ1n) is 14.8. The van der Waals surface area contributed by atoms with Gasteiger partial charge in [-0.1, -0.05) is 59.9 Å². The fourth-order valence-electron chi connectivity index (χ4n) is 6.32. The van der Waals surface area contributed by atoms with Crippen molar-refractivity contribution in [3.63, 3.8) is 0 Å². The summed E-state index contributed by atoms with van der Waals surface area (Å²) in [4.78, 5) is 49.3. The van der Waals surface area contributed by atoms with Crippen LogP contribution in [0.4, 0.5) is 9.93 Å². The maximum absolute atomic E-state index is 14.3. The van der Waals surface area contributed by atoms with Crippen molar-refractivity contribution in [3.05, 3.63) is 95.7 Å². The fourth-order valence-corrected chi connectivity index (χ4v) is 7.11. The molecule has 0 aliphatic carbocycles. The zero-order valence-corrected chi connectivity index (χ0v) is 25.5. The van der Waals surface area contributed by atoms with Crippen LogP contribution in [-0.2, 0) is 29.1 Å². The van der Waals surface area contributed by atoms with Crippen molar-refractivity contribution in [2.45, 2.75) is 31.7 Å². The molecule has 0 spiro atoms. The summed E-state index contributed by atoms with van der Waals surface area (Å²) in [6.07, 6.45) is 1.19. The predicted molar refractivity (Wildman–Crippen MR) is 171 cm³/mol. The molecule has 13 heteroatoms. The Hall–Kier alpha value is -5.45. The summed E-state index contributed by atoms with van der Waals surface area (Å²) in [6.45, 7) is 0.197. The molecular formula is C33H30N8O4S. The van der Waals surface area contributed by atoms with E-state index in [1.54, 1.807) is 21.1 Å². The lowest BCUT2D eigenvalue weighted by Gasteiger charge is -2.46. The van der Waals surface area contributed by atoms with E-state index in [0.717, 1.165) is 37.9 Å². The lowest BCUT2D eigenvalue weighted by molar-refractivity contribution is -0.157. The Morgan fingerprint density at radius 2 is 1.96 bits per heavy atom. The lowest BCUT2D eigenvalue weighted by Crippen LogP contribution is -2.66. The van der Waals surface area contributed by atoms with E-state index in [-0.39, 0.29) is 51.0 Å². The summed E-state index contributed by atoms with van der Waals surface area (Å²) in [5, 5.41) is 16.8. The molecule has 0 bridgehead atoms. The highest BCUT2D eigenvalue weighted by Gasteiger charge is 2.52. The van der Waals surface area contributed by atoms with Gasteiger partial charge in [-0.25, -0.2) is 14.8 Å². The second kappa shape index (κ2) is 12.2. The number of hydrogen-bond donors (Lipinski definition) is 2. The number of carbonyl (C=O) groups excluding carboxylic acids is 3. The summed E-state index contributed by atoms with van der Waals surface area (Å²) < 4.78 is 6.41. The van der Waals surface area contributed by atoms with Gasteiger partial charge in [-0.05, 0) is 41.0 Å². The molecule has 232 valence electrons. The molecule has 0 radical (unpaired) electrons. The molecule has 5 aromatic rings. The van der Waals surface area contributed by atoms with Gasteiger partial charge in [0.1, 0.15) is 24.3 Å². The molecule has 0 saturated carbocycles. The van der Waals surface area contributed by atoms with Crippen molar-refractivity contribution in [2.75, 3.05) is 25.4 Å². The fraction of sp³-hybridized carbons (Fsp3) is 0.242. The number of nitrogens with one attached hydrogen (secondary N) is 1. The topological polar surface area (TPSA) is 152 Å². The number of anilines is 1. The van der Waals surface area contributed by atoms with E-state index in [1.165, 1.54) is 16.3 Å². The first-order chi connectivity index (χ1) is 22.4. The number of hydrazine groups is 1. The van der Waals surface area contributed by atoms with E-state index >= 15 is 0 Å². The molecule has 2 aliphatic rings. The number of rotatable bonds is 8. The second-order valence-corrected chi connectivity index (χ2v) is 12.3. The van der Waals surface area contributed by atoms with Crippen LogP contribution in [0.5, 0.6) is 0 Å². The number of benzene rings is 3. The molecule has 0 unspecified atom stereocenters. The van der Waals surface area contributed by atoms with Gasteiger partial charge >= 0.3 is 6.03 Å². The van der Waals surface area contributed by atoms with Crippen molar-refractivity contribution in [1.82, 2.24) is 30.1 Å². The highest BCUT2D eigenvalue weighted by atomic mass is 32.1. The van der Waals surface area contributed by atoms with Crippen LogP contribution in [0.3, 0.4) is 0 Å². The average Bonchev–Trinajstić information content (AvgIpc) is 3.77. The number of urea groups is 1. The van der Waals surface area contributed by atoms with Gasteiger partial charge in [0.25, 0.3) is 0 Å². The minimum Gasteiger partial charge on any atom is -0.464 e. The summed E-state index contributed by atoms with van der Waals surface area (Å²) in [7, 11) is 0. The Labute approximate surface area is 268 Å². The smallest absolute Gasteiger partial charge is 0.333 e. The Kier molecular flexibility index (Phi) is 7.73. The van der Waals surface area contributed by atoms with Gasteiger partial charge in [0.2, 0.25) is 11.8 Å². The van der Waals surface area contributed by atoms with Crippen LogP contribution < -0.4 is 11.1 Å². The van der Waals surface area contributed by atoms with Crippen molar-refractivity contribution in [3.8, 4) is 6.07 Å². The average molecular weight is 635 g/mol. The number of nitrogen functional groups attached to an aromatic ring is 1. The highest BCUT2D eigenvalue weighted by Crippen LogP contribution is 2.33. The number of nitrogens with zero attached hydrogens (tertiary/aromatic N) is 6. The molecule has 2 saturated heterocycles. The predicted octanol–water partition coefficient (Wildman–Crippen LogP) is 3.70. The largest absolute Gasteiger partial charge is 0.464 e. The monoisotopic (exact) mass is 634 g/mol. The second-order valence-electron chi connectivity index (χ2n) is 11.3. The Morgan fingerprint density at radius 3 is 2.78 bits per heavy atom. The van der Waals surface area contributed by atoms with Gasteiger partial charge in [0.15, 0.2) is 5.13 Å². The minimum atomic E-state index is -0.836. The highest BCUT2D eigenvalue weighted by molar-refractivity contribution is 7.22. The van der Waals surface area contributed by atoms with Gasteiger partial charge < -0.3 is 25.3 Å². The third-order valence-electron chi connectivity index (χ3n) is 8.44. The lowest BCUT2D eigenvalue weighted by atomic mass is 9.99. The molecule has 3 N–H and O–H groups in total. The molecule has 3 aromatic carbocycles. The molecule has 46 heavy (non-hydrogen) atoms. The number of aromatic nitrogens is 1. The van der Waals surface area contributed by atoms with Gasteiger partial charge in [-0.3, -0.25) is 9.59 Å². The zero-order valence-electron chi connectivity index (χ0n) is 24.7. The molecule has 4 heterocycles. The van der Waals surface area contributed by atoms with Crippen LogP contribution in [0.2, 0.25) is 0 Å². The maximum atomic E-state index is 14.3. The van der Waals surface area contributed by atoms with Crippen LogP contribution in [-0.4, -0.2) is 74.5 Å². The minimum absolute atomic E-state index is 0.131. The number of nitrogens with two attached hydrogens (primary N) is 1. The van der Waals surface area contributed by atoms with Crippen LogP contribution >= 0.6 is 11.3 Å². The number of amides is 4. The number of piperazine rings is 1. The number of fused-ring (bicyclic) bond motifs is 3. The SMILES string of the molecule is N#CCN(C(=O)NCc1ccccc1)N1CC(=O)N2[C@@H](Cc3ccc4occc4c3)C(=O)N(Cc3cccc4sc(N)nc34)C[C@@H]21. The third-order valence-corrected chi connectivity index (χ3v) is 9.29. The molecule has 2 atom stereocenters. The van der Waals surface area contributed by atoms with E-state index in [2.05, 4.69) is 16.4 Å². The summed E-state index contributed by atoms with van der Waals surface area (Å²) in [5.74, 6) is -0.500. The number of thiazole rings is 1. The molecule has 2 aliphatic heterocycles. The van der Waals surface area contributed by atoms with E-state index < -0.39 is 18.2 Å². The first-order valence-corrected chi connectivity index (χ1v) is 15.6. The van der Waals surface area contributed by atoms with Crippen LogP contribution in [0.15, 0.2) is 83.5 Å². The van der Waals surface area contributed by atoms with Crippen molar-refractivity contribution in [1.29, 1.82) is 5.26 Å². The van der Waals surface area contributed by atoms with Gasteiger partial charge in [-0.2, -0.15) is 10.3 Å². The number of hydrogen-bond acceptors (Lipinski definition) is 9. The molecule has 2 fully saturated rings. The van der Waals surface area contributed by atoms with E-state index in [0.29, 0.717) is 5.13 Å². The van der Waals surface area contributed by atoms with Gasteiger partial charge in [-0.15, -0.1) is 0 Å². The number of para-hydroxylation sites is 1. The maximum Gasteiger partial charge on any atom is 0.333 e. The number of furan rings is 1. The Balaban J connectivity index is 1.22. The van der Waals surface area contributed by atoms with E-state index in [4.69, 9.17) is 10.2 Å². The molecular weight excluding hydrogens is 604 g/mol. The number of carbonyl (C=O) groups is 3. The van der Waals surface area contributed by atoms with Crippen LogP contribution in [0, 0.1) is 11.3 Å². The molecule has 7 rings (SSSR count). The Bertz CT molecular complexity index is 1990. The summed E-state index contributed by atoms with van der Waals surface area (Å²) in [5.41, 5.74) is 10.1. The van der Waals surface area contributed by atoms with E-state index in [1.807, 2.05) is 72.8 Å². The van der Waals surface area contributed by atoms with Crippen molar-refractivity contribution in [2.24, 2.45) is 0 Å². The van der Waals surface area contributed by atoms with E-state index in [9.17, 15) is 19.6 Å². The van der Waals surface area contributed by atoms with Gasteiger partial charge in [0.05, 0.1) is 35.6 Å². The summed E-state index contributed by atoms with van der Waals surface area (Å²) >= 11 is 1.38. The van der Waals surface area contributed by atoms with Crippen LogP contribution in [0.25, 0.3) is 21.2 Å². The van der Waals surface area contributed by atoms with Crippen molar-refractivity contribution < 1.29 is 18.8 Å². The Morgan fingerprint density at radius 1 is 1.11 bits per heavy atom. The molecule has 2 aromatic heterocycles. The standard InChI is InChI=1S/C33H30N8O4S/c34-12-13-39(33(44)36-17-21-5-2-1-3-6-21)40-20-29(42)41-25(16-22-9-10-26-23(15-22)11-14-45-26)31(43)38(19-28(40)41)18-24-7-4-8-27-30(24)37-32(35)46-27/h1-11,14-15,25,28H,13,16-20H2,(H2,35,37)(H,36,44)/t25-,28+/m0/s1. The third kappa shape index (κ3) is 5.48. The van der Waals surface area contributed by atoms with Gasteiger partial charge in [0, 0.05) is 24.9 Å². The van der Waals surface area contributed by atoms with Crippen molar-refractivity contribution >= 4 is 55.5 Å². The zero-order chi connectivity index (χ0) is 31.8. The quantitative estimate of drug-likeness (QED) is 0.245. The first kappa shape index (κ1) is 29.3.